The predicted octanol–water partition coefficient (Wildman–Crippen LogP) is 3.05. The molecule has 0 aliphatic heterocycles. The Morgan fingerprint density at radius 3 is 3.00 bits per heavy atom. The third-order valence-corrected chi connectivity index (χ3v) is 3.27. The molecule has 2 rings (SSSR count). The van der Waals surface area contributed by atoms with Crippen molar-refractivity contribution < 1.29 is 9.90 Å². The number of nitrogens with zero attached hydrogens (tertiary/aromatic N) is 1. The second-order valence-electron chi connectivity index (χ2n) is 3.29. The maximum absolute atomic E-state index is 10.6. The summed E-state index contributed by atoms with van der Waals surface area (Å²) < 4.78 is 0. The maximum Gasteiger partial charge on any atom is 0.353 e. The van der Waals surface area contributed by atoms with Crippen LogP contribution in [0.5, 0.6) is 0 Å². The number of rotatable bonds is 4. The van der Waals surface area contributed by atoms with E-state index in [2.05, 4.69) is 9.97 Å². The van der Waals surface area contributed by atoms with E-state index in [0.717, 1.165) is 4.90 Å². The van der Waals surface area contributed by atoms with E-state index >= 15 is 0 Å². The molecule has 0 aliphatic rings. The van der Waals surface area contributed by atoms with Crippen LogP contribution in [0.2, 0.25) is 5.02 Å². The quantitative estimate of drug-likeness (QED) is 0.837. The maximum atomic E-state index is 10.6. The lowest BCUT2D eigenvalue weighted by molar-refractivity contribution is 0.0691. The van der Waals surface area contributed by atoms with Crippen molar-refractivity contribution in [2.45, 2.75) is 10.6 Å². The van der Waals surface area contributed by atoms with E-state index in [1.165, 1.54) is 6.20 Å². The van der Waals surface area contributed by atoms with Gasteiger partial charge < -0.3 is 10.1 Å². The highest BCUT2D eigenvalue weighted by atomic mass is 35.5. The van der Waals surface area contributed by atoms with Crippen molar-refractivity contribution in [3.05, 3.63) is 47.0 Å². The Hall–Kier alpha value is -1.46. The molecule has 0 atom stereocenters. The molecule has 2 N–H and O–H groups in total. The van der Waals surface area contributed by atoms with Crippen molar-refractivity contribution in [2.24, 2.45) is 0 Å². The molecule has 0 fully saturated rings. The largest absolute Gasteiger partial charge is 0.477 e. The van der Waals surface area contributed by atoms with Gasteiger partial charge in [0.2, 0.25) is 0 Å². The zero-order valence-corrected chi connectivity index (χ0v) is 10.3. The first-order valence-corrected chi connectivity index (χ1v) is 6.17. The van der Waals surface area contributed by atoms with Gasteiger partial charge in [0.05, 0.1) is 11.9 Å². The molecule has 0 unspecified atom stereocenters. The Labute approximate surface area is 107 Å². The van der Waals surface area contributed by atoms with E-state index in [4.69, 9.17) is 16.7 Å². The number of halogens is 1. The van der Waals surface area contributed by atoms with Crippen LogP contribution in [0.4, 0.5) is 0 Å². The van der Waals surface area contributed by atoms with Crippen LogP contribution in [0.25, 0.3) is 0 Å². The van der Waals surface area contributed by atoms with Gasteiger partial charge in [-0.1, -0.05) is 17.7 Å². The number of aromatic carboxylic acids is 1. The van der Waals surface area contributed by atoms with Gasteiger partial charge in [-0.05, 0) is 18.2 Å². The summed E-state index contributed by atoms with van der Waals surface area (Å²) >= 11 is 7.40. The van der Waals surface area contributed by atoms with Gasteiger partial charge in [-0.3, -0.25) is 0 Å². The molecule has 1 aromatic heterocycles. The van der Waals surface area contributed by atoms with E-state index < -0.39 is 5.97 Å². The van der Waals surface area contributed by atoms with Crippen molar-refractivity contribution in [3.8, 4) is 0 Å². The van der Waals surface area contributed by atoms with Gasteiger partial charge in [-0.2, -0.15) is 0 Å². The number of carbonyl (C=O) groups is 1. The molecule has 0 radical (unpaired) electrons. The van der Waals surface area contributed by atoms with Crippen LogP contribution in [0, 0.1) is 0 Å². The third-order valence-electron chi connectivity index (χ3n) is 2.03. The van der Waals surface area contributed by atoms with Gasteiger partial charge in [0.15, 0.2) is 0 Å². The minimum atomic E-state index is -1.00. The number of aromatic nitrogens is 2. The number of hydrogen-bond donors (Lipinski definition) is 2. The van der Waals surface area contributed by atoms with Gasteiger partial charge in [0.1, 0.15) is 11.5 Å². The summed E-state index contributed by atoms with van der Waals surface area (Å²) in [6.07, 6.45) is 1.32. The lowest BCUT2D eigenvalue weighted by atomic mass is 10.4. The summed E-state index contributed by atoms with van der Waals surface area (Å²) in [7, 11) is 0. The molecule has 88 valence electrons. The van der Waals surface area contributed by atoms with Crippen molar-refractivity contribution in [3.63, 3.8) is 0 Å². The summed E-state index contributed by atoms with van der Waals surface area (Å²) in [5.74, 6) is 0.206. The van der Waals surface area contributed by atoms with Crippen LogP contribution in [-0.4, -0.2) is 21.0 Å². The van der Waals surface area contributed by atoms with Crippen LogP contribution in [0.15, 0.2) is 35.4 Å². The van der Waals surface area contributed by atoms with E-state index in [-0.39, 0.29) is 5.69 Å². The zero-order chi connectivity index (χ0) is 12.3. The fourth-order valence-electron chi connectivity index (χ4n) is 1.25. The topological polar surface area (TPSA) is 66.0 Å². The minimum absolute atomic E-state index is 0.103. The van der Waals surface area contributed by atoms with Crippen molar-refractivity contribution in [2.75, 3.05) is 0 Å². The van der Waals surface area contributed by atoms with Crippen LogP contribution in [-0.2, 0) is 5.75 Å². The summed E-state index contributed by atoms with van der Waals surface area (Å²) in [5.41, 5.74) is 0.103. The molecule has 0 spiro atoms. The number of imidazole rings is 1. The van der Waals surface area contributed by atoms with Gasteiger partial charge in [0, 0.05) is 9.92 Å². The highest BCUT2D eigenvalue weighted by Crippen LogP contribution is 2.24. The fourth-order valence-corrected chi connectivity index (χ4v) is 2.34. The predicted molar refractivity (Wildman–Crippen MR) is 66.6 cm³/mol. The van der Waals surface area contributed by atoms with Crippen LogP contribution in [0.3, 0.4) is 0 Å². The molecule has 0 amide bonds. The molecule has 17 heavy (non-hydrogen) atoms. The third kappa shape index (κ3) is 3.25. The summed E-state index contributed by atoms with van der Waals surface area (Å²) in [6.45, 7) is 0. The second kappa shape index (κ2) is 5.25. The van der Waals surface area contributed by atoms with E-state index in [1.54, 1.807) is 17.8 Å². The molecule has 1 aromatic carbocycles. The number of carboxylic acid groups (broad SMARTS) is 1. The van der Waals surface area contributed by atoms with Gasteiger partial charge in [-0.25, -0.2) is 9.78 Å². The highest BCUT2D eigenvalue weighted by Gasteiger charge is 2.07. The van der Waals surface area contributed by atoms with Crippen molar-refractivity contribution in [1.82, 2.24) is 9.97 Å². The van der Waals surface area contributed by atoms with Crippen LogP contribution >= 0.6 is 23.4 Å². The Bertz CT molecular complexity index is 542. The number of thioether (sulfide) groups is 1. The molecule has 0 saturated carbocycles. The van der Waals surface area contributed by atoms with E-state index in [9.17, 15) is 4.79 Å². The number of nitrogens with one attached hydrogen (secondary N) is 1. The van der Waals surface area contributed by atoms with Crippen molar-refractivity contribution >= 4 is 29.3 Å². The average Bonchev–Trinajstić information content (AvgIpc) is 2.75. The Kier molecular flexibility index (Phi) is 3.71. The molecule has 1 heterocycles. The summed E-state index contributed by atoms with van der Waals surface area (Å²) in [6, 6.07) is 7.47. The van der Waals surface area contributed by atoms with Gasteiger partial charge in [0.25, 0.3) is 0 Å². The molecule has 6 heteroatoms. The Balaban J connectivity index is 2.00. The first-order chi connectivity index (χ1) is 8.15. The molecular weight excluding hydrogens is 260 g/mol. The summed E-state index contributed by atoms with van der Waals surface area (Å²) in [5, 5.41) is 9.41. The smallest absolute Gasteiger partial charge is 0.353 e. The molecule has 0 aliphatic carbocycles. The van der Waals surface area contributed by atoms with Crippen molar-refractivity contribution in [1.29, 1.82) is 0 Å². The number of carboxylic acids is 1. The molecular formula is C11H9ClN2O2S. The molecule has 0 saturated heterocycles. The lowest BCUT2D eigenvalue weighted by Gasteiger charge is -1.99. The monoisotopic (exact) mass is 268 g/mol. The minimum Gasteiger partial charge on any atom is -0.477 e. The van der Waals surface area contributed by atoms with E-state index in [1.807, 2.05) is 18.2 Å². The lowest BCUT2D eigenvalue weighted by Crippen LogP contribution is -1.96. The summed E-state index contributed by atoms with van der Waals surface area (Å²) in [4.78, 5) is 18.4. The second-order valence-corrected chi connectivity index (χ2v) is 4.78. The number of benzene rings is 1. The average molecular weight is 269 g/mol. The number of H-pyrrole nitrogens is 1. The molecule has 0 bridgehead atoms. The Morgan fingerprint density at radius 2 is 2.35 bits per heavy atom. The van der Waals surface area contributed by atoms with E-state index in [0.29, 0.717) is 16.6 Å². The SMILES string of the molecule is O=C(O)c1cnc(CSc2cccc(Cl)c2)[nH]1. The first kappa shape index (κ1) is 12.0. The fraction of sp³-hybridized carbons (Fsp3) is 0.0909. The van der Waals surface area contributed by atoms with Gasteiger partial charge >= 0.3 is 5.97 Å². The van der Waals surface area contributed by atoms with Crippen LogP contribution in [0.1, 0.15) is 16.3 Å². The standard InChI is InChI=1S/C11H9ClN2O2S/c12-7-2-1-3-8(4-7)17-6-10-13-5-9(14-10)11(15)16/h1-5H,6H2,(H,13,14)(H,15,16). The number of aromatic amines is 1. The zero-order valence-electron chi connectivity index (χ0n) is 8.68. The van der Waals surface area contributed by atoms with Crippen LogP contribution < -0.4 is 0 Å². The highest BCUT2D eigenvalue weighted by molar-refractivity contribution is 7.98. The van der Waals surface area contributed by atoms with Gasteiger partial charge in [-0.15, -0.1) is 11.8 Å². The molecule has 4 nitrogen and oxygen atoms in total. The normalized spacial score (nSPS) is 10.4. The number of hydrogen-bond acceptors (Lipinski definition) is 3. The first-order valence-electron chi connectivity index (χ1n) is 4.80. The Morgan fingerprint density at radius 1 is 1.53 bits per heavy atom. The molecule has 2 aromatic rings.